The van der Waals surface area contributed by atoms with Crippen molar-refractivity contribution in [1.29, 1.82) is 0 Å². The maximum absolute atomic E-state index is 14.4. The van der Waals surface area contributed by atoms with Crippen LogP contribution in [0.3, 0.4) is 0 Å². The lowest BCUT2D eigenvalue weighted by Crippen LogP contribution is -2.25. The van der Waals surface area contributed by atoms with Crippen molar-refractivity contribution in [2.24, 2.45) is 0 Å². The summed E-state index contributed by atoms with van der Waals surface area (Å²) >= 11 is 11.6. The monoisotopic (exact) mass is 924 g/mol. The molecule has 1 aliphatic rings. The van der Waals surface area contributed by atoms with Crippen molar-refractivity contribution in [1.82, 2.24) is 19.9 Å². The van der Waals surface area contributed by atoms with E-state index < -0.39 is 144 Å². The molecule has 0 aliphatic heterocycles. The number of fused-ring (bicyclic) bond motifs is 2. The highest BCUT2D eigenvalue weighted by molar-refractivity contribution is 7.87. The Kier molecular flexibility index (Phi) is 9.98. The Morgan fingerprint density at radius 2 is 1.19 bits per heavy atom. The molecule has 2 heterocycles. The summed E-state index contributed by atoms with van der Waals surface area (Å²) in [5.74, 6) is -2.73. The molecule has 2 aromatic heterocycles. The second-order valence-electron chi connectivity index (χ2n) is 12.2. The van der Waals surface area contributed by atoms with Gasteiger partial charge in [0.1, 0.15) is 14.7 Å². The van der Waals surface area contributed by atoms with E-state index in [0.29, 0.717) is 12.1 Å². The molecule has 0 fully saturated rings. The molecule has 1 aliphatic carbocycles. The van der Waals surface area contributed by atoms with Crippen molar-refractivity contribution in [3.05, 3.63) is 110 Å². The van der Waals surface area contributed by atoms with Gasteiger partial charge in [0.2, 0.25) is 16.5 Å². The zero-order chi connectivity index (χ0) is 43.1. The first-order chi connectivity index (χ1) is 27.3. The molecular weight excluding hydrogens is 908 g/mol. The number of pyridine rings is 1. The van der Waals surface area contributed by atoms with Crippen LogP contribution in [0, 0.1) is 0 Å². The number of nitrogens with zero attached hydrogens (tertiary/aromatic N) is 3. The van der Waals surface area contributed by atoms with Gasteiger partial charge in [-0.1, -0.05) is 36.4 Å². The average molecular weight is 926 g/mol. The summed E-state index contributed by atoms with van der Waals surface area (Å²) < 4.78 is 141. The summed E-state index contributed by atoms with van der Waals surface area (Å²) in [6, 6.07) is 10.6. The zero-order valence-corrected chi connectivity index (χ0v) is 33.1. The lowest BCUT2D eigenvalue weighted by atomic mass is 9.80. The van der Waals surface area contributed by atoms with E-state index in [1.54, 1.807) is 0 Å². The minimum Gasteiger partial charge on any atom is -0.354 e. The van der Waals surface area contributed by atoms with E-state index in [9.17, 15) is 66.3 Å². The van der Waals surface area contributed by atoms with Gasteiger partial charge in [-0.2, -0.15) is 48.6 Å². The molecule has 4 aromatic carbocycles. The molecule has 0 atom stereocenters. The number of hydrogen-bond acceptors (Lipinski definition) is 16. The van der Waals surface area contributed by atoms with E-state index >= 15 is 0 Å². The molecular formula is C32H18Cl2N6O15S4. The number of hydrogen-bond donors (Lipinski definition) is 7. The van der Waals surface area contributed by atoms with Gasteiger partial charge in [-0.25, -0.2) is 0 Å². The number of benzene rings is 4. The second-order valence-corrected chi connectivity index (χ2v) is 18.4. The molecule has 7 rings (SSSR count). The van der Waals surface area contributed by atoms with Gasteiger partial charge in [0.25, 0.3) is 46.0 Å². The molecule has 6 aromatic rings. The number of ketones is 2. The maximum atomic E-state index is 14.4. The van der Waals surface area contributed by atoms with Crippen molar-refractivity contribution in [3.63, 3.8) is 0 Å². The van der Waals surface area contributed by atoms with Crippen LogP contribution in [0.1, 0.15) is 31.8 Å². The van der Waals surface area contributed by atoms with Crippen molar-refractivity contribution in [2.45, 2.75) is 19.6 Å². The van der Waals surface area contributed by atoms with E-state index in [1.807, 2.05) is 0 Å². The molecule has 27 heteroatoms. The zero-order valence-electron chi connectivity index (χ0n) is 28.4. The van der Waals surface area contributed by atoms with Crippen LogP contribution in [0.25, 0.3) is 22.0 Å². The molecule has 21 nitrogen and oxygen atoms in total. The van der Waals surface area contributed by atoms with E-state index in [0.717, 1.165) is 24.3 Å². The first-order valence-corrected chi connectivity index (χ1v) is 22.1. The minimum atomic E-state index is -5.52. The number of H-pyrrole nitrogens is 1. The molecule has 59 heavy (non-hydrogen) atoms. The molecule has 0 amide bonds. The molecule has 0 bridgehead atoms. The van der Waals surface area contributed by atoms with Crippen molar-refractivity contribution >= 4 is 109 Å². The number of nitrogens with one attached hydrogen (secondary N) is 3. The fourth-order valence-corrected chi connectivity index (χ4v) is 9.23. The smallest absolute Gasteiger partial charge is 0.296 e. The van der Waals surface area contributed by atoms with Crippen LogP contribution in [0.2, 0.25) is 10.6 Å². The van der Waals surface area contributed by atoms with E-state index in [1.165, 1.54) is 24.3 Å². The lowest BCUT2D eigenvalue weighted by Gasteiger charge is -2.25. The summed E-state index contributed by atoms with van der Waals surface area (Å²) in [6.45, 7) is 0. The third-order valence-electron chi connectivity index (χ3n) is 8.56. The second kappa shape index (κ2) is 14.2. The van der Waals surface area contributed by atoms with Gasteiger partial charge in [0, 0.05) is 22.1 Å². The fraction of sp³-hybridized carbons (Fsp3) is 0. The molecule has 0 saturated heterocycles. The number of aromatic amines is 1. The largest absolute Gasteiger partial charge is 0.354 e. The van der Waals surface area contributed by atoms with Gasteiger partial charge < -0.3 is 15.6 Å². The van der Waals surface area contributed by atoms with Gasteiger partial charge in [0.15, 0.2) is 11.6 Å². The summed E-state index contributed by atoms with van der Waals surface area (Å²) in [5, 5.41) is 3.22. The first-order valence-electron chi connectivity index (χ1n) is 15.6. The third kappa shape index (κ3) is 7.66. The van der Waals surface area contributed by atoms with Crippen LogP contribution in [0.15, 0.2) is 91.1 Å². The summed E-state index contributed by atoms with van der Waals surface area (Å²) in [5.41, 5.74) is -6.96. The first kappa shape index (κ1) is 41.4. The Hall–Kier alpha value is -5.74. The molecule has 0 saturated carbocycles. The van der Waals surface area contributed by atoms with Gasteiger partial charge in [-0.3, -0.25) is 32.6 Å². The lowest BCUT2D eigenvalue weighted by molar-refractivity contribution is 0.102. The normalized spacial score (nSPS) is 12.9. The molecule has 7 N–H and O–H groups in total. The number of anilines is 4. The third-order valence-corrected chi connectivity index (χ3v) is 12.4. The Morgan fingerprint density at radius 1 is 0.610 bits per heavy atom. The van der Waals surface area contributed by atoms with Gasteiger partial charge in [0.05, 0.1) is 38.6 Å². The topological polar surface area (TPSA) is 347 Å². The molecule has 0 unspecified atom stereocenters. The molecule has 0 radical (unpaired) electrons. The van der Waals surface area contributed by atoms with Crippen molar-refractivity contribution in [2.75, 3.05) is 10.6 Å². The van der Waals surface area contributed by atoms with Crippen LogP contribution >= 0.6 is 23.2 Å². The summed E-state index contributed by atoms with van der Waals surface area (Å²) in [7, 11) is -21.2. The predicted molar refractivity (Wildman–Crippen MR) is 205 cm³/mol. The highest BCUT2D eigenvalue weighted by Crippen LogP contribution is 2.46. The summed E-state index contributed by atoms with van der Waals surface area (Å²) in [4.78, 5) is 51.2. The van der Waals surface area contributed by atoms with Gasteiger partial charge >= 0.3 is 0 Å². The van der Waals surface area contributed by atoms with E-state index in [-0.39, 0.29) is 17.2 Å². The van der Waals surface area contributed by atoms with Crippen molar-refractivity contribution < 1.29 is 61.5 Å². The van der Waals surface area contributed by atoms with Crippen LogP contribution in [-0.4, -0.2) is 83.4 Å². The number of rotatable bonds is 10. The van der Waals surface area contributed by atoms with Gasteiger partial charge in [-0.05, 0) is 59.1 Å². The number of aromatic nitrogens is 4. The van der Waals surface area contributed by atoms with Crippen LogP contribution in [0.5, 0.6) is 0 Å². The maximum Gasteiger partial charge on any atom is 0.296 e. The fourth-order valence-electron chi connectivity index (χ4n) is 6.28. The SMILES string of the molecule is O=C(c1cccc(S(=O)(=O)O)c1)c1c2c3c(c(Nc4cc(Nc5nc(Cl)nc(Cl)n5)c(S(=O)(=O)O)cc4S(=O)(=O)O)cc(S(=O)(=O)O)c3[nH]c1=O)C(=O)c1ccccc1-2. The van der Waals surface area contributed by atoms with Crippen LogP contribution < -0.4 is 16.2 Å². The van der Waals surface area contributed by atoms with Crippen LogP contribution in [0.4, 0.5) is 23.0 Å². The Morgan fingerprint density at radius 3 is 1.76 bits per heavy atom. The summed E-state index contributed by atoms with van der Waals surface area (Å²) in [6.07, 6.45) is 0. The average Bonchev–Trinajstić information content (AvgIpc) is 3.11. The number of carbonyl (C=O) groups excluding carboxylic acids is 2. The highest BCUT2D eigenvalue weighted by Gasteiger charge is 2.37. The Balaban J connectivity index is 1.59. The predicted octanol–water partition coefficient (Wildman–Crippen LogP) is 3.94. The minimum absolute atomic E-state index is 0.133. The molecule has 0 spiro atoms. The quantitative estimate of drug-likeness (QED) is 0.0754. The van der Waals surface area contributed by atoms with E-state index in [2.05, 4.69) is 30.6 Å². The van der Waals surface area contributed by atoms with Crippen molar-refractivity contribution in [3.8, 4) is 11.1 Å². The number of carbonyl (C=O) groups is 2. The van der Waals surface area contributed by atoms with Crippen LogP contribution in [-0.2, 0) is 40.5 Å². The Labute approximate surface area is 340 Å². The van der Waals surface area contributed by atoms with Gasteiger partial charge in [-0.15, -0.1) is 0 Å². The standard InChI is InChI=1S/C32H18Cl2N6O15S4/c33-30-38-31(34)40-32(39-30)36-17-9-16(19(57(47,48)49)11-20(17)58(50,51)52)35-18-10-21(59(53,54)55)26-24-22(14-6-1-2-7-15(14)28(42)23(18)24)25(29(43)37-26)27(41)12-4-3-5-13(8-12)56(44,45)46/h1-11,35H,(H,37,43)(H,44,45,46)(H,47,48,49)(H,50,51,52)(H,53,54,55)(H,36,38,39,40). The number of halogens is 2. The van der Waals surface area contributed by atoms with E-state index in [4.69, 9.17) is 23.2 Å². The highest BCUT2D eigenvalue weighted by atomic mass is 35.5. The Bertz CT molecular complexity index is 3420. The molecule has 304 valence electrons.